The number of carbonyl (C=O) groups excluding carboxylic acids is 1. The Morgan fingerprint density at radius 3 is 2.72 bits per heavy atom. The van der Waals surface area contributed by atoms with E-state index in [1.807, 2.05) is 49.4 Å². The molecule has 0 radical (unpaired) electrons. The normalized spacial score (nSPS) is 13.6. The van der Waals surface area contributed by atoms with Crippen LogP contribution in [0.15, 0.2) is 47.8 Å². The second-order valence-corrected chi connectivity index (χ2v) is 7.59. The zero-order chi connectivity index (χ0) is 20.4. The molecule has 3 aromatic rings. The molecule has 0 fully saturated rings. The first-order valence-corrected chi connectivity index (χ1v) is 10.2. The molecule has 0 aliphatic carbocycles. The minimum atomic E-state index is -0.155. The van der Waals surface area contributed by atoms with Crippen molar-refractivity contribution in [3.05, 3.63) is 59.1 Å². The maximum atomic E-state index is 13.0. The van der Waals surface area contributed by atoms with Gasteiger partial charge in [0.15, 0.2) is 11.5 Å². The molecular weight excluding hydrogens is 388 g/mol. The van der Waals surface area contributed by atoms with E-state index in [-0.39, 0.29) is 11.9 Å². The molecule has 2 heterocycles. The van der Waals surface area contributed by atoms with Crippen LogP contribution in [0, 0.1) is 0 Å². The standard InChI is InChI=1S/C22H22N2O4S/c1-14(16-6-4-5-7-18(16)26-3)24(2)22(25)17-13-29-21(23-17)15-8-9-19-20(12-15)28-11-10-27-19/h4-9,12-14H,10-11H2,1-3H3. The van der Waals surface area contributed by atoms with Gasteiger partial charge in [0.1, 0.15) is 29.7 Å². The molecule has 1 unspecified atom stereocenters. The lowest BCUT2D eigenvalue weighted by molar-refractivity contribution is 0.0736. The van der Waals surface area contributed by atoms with Gasteiger partial charge in [0.05, 0.1) is 13.2 Å². The third-order valence-corrected chi connectivity index (χ3v) is 5.89. The number of methoxy groups -OCH3 is 1. The van der Waals surface area contributed by atoms with Crippen LogP contribution in [0.3, 0.4) is 0 Å². The zero-order valence-electron chi connectivity index (χ0n) is 16.5. The SMILES string of the molecule is COc1ccccc1C(C)N(C)C(=O)c1csc(-c2ccc3c(c2)OCCO3)n1. The maximum Gasteiger partial charge on any atom is 0.273 e. The number of fused-ring (bicyclic) bond motifs is 1. The first-order valence-electron chi connectivity index (χ1n) is 9.34. The lowest BCUT2D eigenvalue weighted by atomic mass is 10.1. The fourth-order valence-corrected chi connectivity index (χ4v) is 4.05. The van der Waals surface area contributed by atoms with E-state index in [1.54, 1.807) is 24.4 Å². The summed E-state index contributed by atoms with van der Waals surface area (Å²) in [6, 6.07) is 13.3. The maximum absolute atomic E-state index is 13.0. The minimum Gasteiger partial charge on any atom is -0.496 e. The highest BCUT2D eigenvalue weighted by Crippen LogP contribution is 2.36. The molecular formula is C22H22N2O4S. The summed E-state index contributed by atoms with van der Waals surface area (Å²) in [5.41, 5.74) is 2.27. The van der Waals surface area contributed by atoms with Crippen molar-refractivity contribution in [1.29, 1.82) is 0 Å². The van der Waals surface area contributed by atoms with Gasteiger partial charge < -0.3 is 19.1 Å². The summed E-state index contributed by atoms with van der Waals surface area (Å²) in [4.78, 5) is 19.3. The van der Waals surface area contributed by atoms with Gasteiger partial charge in [-0.3, -0.25) is 4.79 Å². The number of aromatic nitrogens is 1. The molecule has 2 aromatic carbocycles. The van der Waals surface area contributed by atoms with Crippen molar-refractivity contribution >= 4 is 17.2 Å². The summed E-state index contributed by atoms with van der Waals surface area (Å²) in [7, 11) is 3.41. The number of para-hydroxylation sites is 1. The van der Waals surface area contributed by atoms with Gasteiger partial charge in [-0.1, -0.05) is 18.2 Å². The van der Waals surface area contributed by atoms with Gasteiger partial charge in [0.25, 0.3) is 5.91 Å². The summed E-state index contributed by atoms with van der Waals surface area (Å²) in [5, 5.41) is 2.56. The Kier molecular flexibility index (Phi) is 5.40. The van der Waals surface area contributed by atoms with Crippen molar-refractivity contribution in [2.24, 2.45) is 0 Å². The van der Waals surface area contributed by atoms with Gasteiger partial charge >= 0.3 is 0 Å². The smallest absolute Gasteiger partial charge is 0.273 e. The van der Waals surface area contributed by atoms with E-state index in [0.717, 1.165) is 27.6 Å². The molecule has 1 aromatic heterocycles. The highest BCUT2D eigenvalue weighted by molar-refractivity contribution is 7.13. The van der Waals surface area contributed by atoms with Crippen LogP contribution in [0.4, 0.5) is 0 Å². The summed E-state index contributed by atoms with van der Waals surface area (Å²) in [6.45, 7) is 3.06. The van der Waals surface area contributed by atoms with Crippen LogP contribution in [0.2, 0.25) is 0 Å². The number of amides is 1. The molecule has 29 heavy (non-hydrogen) atoms. The topological polar surface area (TPSA) is 60.9 Å². The van der Waals surface area contributed by atoms with Crippen LogP contribution < -0.4 is 14.2 Å². The van der Waals surface area contributed by atoms with E-state index in [1.165, 1.54) is 11.3 Å². The summed E-state index contributed by atoms with van der Waals surface area (Å²) >= 11 is 1.43. The van der Waals surface area contributed by atoms with Crippen LogP contribution in [-0.4, -0.2) is 43.2 Å². The monoisotopic (exact) mass is 410 g/mol. The number of hydrogen-bond donors (Lipinski definition) is 0. The zero-order valence-corrected chi connectivity index (χ0v) is 17.4. The lowest BCUT2D eigenvalue weighted by Gasteiger charge is -2.26. The lowest BCUT2D eigenvalue weighted by Crippen LogP contribution is -2.30. The number of rotatable bonds is 5. The van der Waals surface area contributed by atoms with Crippen molar-refractivity contribution in [1.82, 2.24) is 9.88 Å². The van der Waals surface area contributed by atoms with Crippen LogP contribution in [0.5, 0.6) is 17.2 Å². The second-order valence-electron chi connectivity index (χ2n) is 6.73. The Hall–Kier alpha value is -3.06. The average molecular weight is 410 g/mol. The highest BCUT2D eigenvalue weighted by Gasteiger charge is 2.24. The van der Waals surface area contributed by atoms with Crippen molar-refractivity contribution in [2.75, 3.05) is 27.4 Å². The van der Waals surface area contributed by atoms with Gasteiger partial charge in [0.2, 0.25) is 0 Å². The van der Waals surface area contributed by atoms with E-state index in [0.29, 0.717) is 24.7 Å². The second kappa shape index (κ2) is 8.13. The summed E-state index contributed by atoms with van der Waals surface area (Å²) < 4.78 is 16.6. The number of thiazole rings is 1. The van der Waals surface area contributed by atoms with Crippen molar-refractivity contribution in [3.8, 4) is 27.8 Å². The number of carbonyl (C=O) groups is 1. The Labute approximate surface area is 173 Å². The van der Waals surface area contributed by atoms with E-state index in [9.17, 15) is 4.79 Å². The quantitative estimate of drug-likeness (QED) is 0.623. The Morgan fingerprint density at radius 1 is 1.17 bits per heavy atom. The van der Waals surface area contributed by atoms with Crippen LogP contribution in [0.1, 0.15) is 29.0 Å². The number of benzene rings is 2. The van der Waals surface area contributed by atoms with Crippen LogP contribution >= 0.6 is 11.3 Å². The van der Waals surface area contributed by atoms with Crippen molar-refractivity contribution in [3.63, 3.8) is 0 Å². The fraction of sp³-hybridized carbons (Fsp3) is 0.273. The first kappa shape index (κ1) is 19.3. The Morgan fingerprint density at radius 2 is 1.93 bits per heavy atom. The van der Waals surface area contributed by atoms with Crippen molar-refractivity contribution < 1.29 is 19.0 Å². The van der Waals surface area contributed by atoms with Crippen LogP contribution in [-0.2, 0) is 0 Å². The van der Waals surface area contributed by atoms with Gasteiger partial charge in [-0.2, -0.15) is 0 Å². The molecule has 4 rings (SSSR count). The summed E-state index contributed by atoms with van der Waals surface area (Å²) in [6.07, 6.45) is 0. The van der Waals surface area contributed by atoms with Gasteiger partial charge in [0, 0.05) is 23.6 Å². The first-order chi connectivity index (χ1) is 14.1. The molecule has 0 saturated carbocycles. The van der Waals surface area contributed by atoms with E-state index < -0.39 is 0 Å². The number of ether oxygens (including phenoxy) is 3. The molecule has 1 atom stereocenters. The van der Waals surface area contributed by atoms with E-state index in [2.05, 4.69) is 4.98 Å². The molecule has 0 bridgehead atoms. The molecule has 1 aliphatic rings. The molecule has 0 saturated heterocycles. The van der Waals surface area contributed by atoms with E-state index in [4.69, 9.17) is 14.2 Å². The third kappa shape index (κ3) is 3.78. The molecule has 6 nitrogen and oxygen atoms in total. The molecule has 150 valence electrons. The van der Waals surface area contributed by atoms with Gasteiger partial charge in [-0.05, 0) is 31.2 Å². The Bertz CT molecular complexity index is 1030. The predicted octanol–water partition coefficient (Wildman–Crippen LogP) is 4.42. The summed E-state index contributed by atoms with van der Waals surface area (Å²) in [5.74, 6) is 2.07. The number of hydrogen-bond acceptors (Lipinski definition) is 6. The minimum absolute atomic E-state index is 0.136. The third-order valence-electron chi connectivity index (χ3n) is 5.00. The molecule has 1 aliphatic heterocycles. The van der Waals surface area contributed by atoms with E-state index >= 15 is 0 Å². The van der Waals surface area contributed by atoms with Crippen LogP contribution in [0.25, 0.3) is 10.6 Å². The molecule has 7 heteroatoms. The van der Waals surface area contributed by atoms with Gasteiger partial charge in [-0.15, -0.1) is 11.3 Å². The fourth-order valence-electron chi connectivity index (χ4n) is 3.26. The number of nitrogens with zero attached hydrogens (tertiary/aromatic N) is 2. The molecule has 1 amide bonds. The Balaban J connectivity index is 1.55. The largest absolute Gasteiger partial charge is 0.496 e. The van der Waals surface area contributed by atoms with Crippen molar-refractivity contribution in [2.45, 2.75) is 13.0 Å². The molecule has 0 spiro atoms. The van der Waals surface area contributed by atoms with Gasteiger partial charge in [-0.25, -0.2) is 4.98 Å². The molecule has 0 N–H and O–H groups in total. The predicted molar refractivity (Wildman–Crippen MR) is 112 cm³/mol. The average Bonchev–Trinajstić information content (AvgIpc) is 3.27. The highest BCUT2D eigenvalue weighted by atomic mass is 32.1.